The van der Waals surface area contributed by atoms with Crippen molar-refractivity contribution < 1.29 is 27.5 Å². The summed E-state index contributed by atoms with van der Waals surface area (Å²) in [4.78, 5) is 24.4. The van der Waals surface area contributed by atoms with Crippen LogP contribution in [0.1, 0.15) is 30.1 Å². The van der Waals surface area contributed by atoms with E-state index >= 15 is 0 Å². The van der Waals surface area contributed by atoms with Crippen LogP contribution in [0, 0.1) is 0 Å². The highest BCUT2D eigenvalue weighted by molar-refractivity contribution is 7.92. The van der Waals surface area contributed by atoms with Gasteiger partial charge in [0, 0.05) is 13.0 Å². The molecule has 0 aliphatic carbocycles. The van der Waals surface area contributed by atoms with Crippen LogP contribution in [-0.2, 0) is 19.6 Å². The Bertz CT molecular complexity index is 973. The van der Waals surface area contributed by atoms with Crippen LogP contribution in [0.25, 0.3) is 0 Å². The highest BCUT2D eigenvalue weighted by Crippen LogP contribution is 2.22. The summed E-state index contributed by atoms with van der Waals surface area (Å²) in [5.41, 5.74) is 1.12. The predicted octanol–water partition coefficient (Wildman–Crippen LogP) is 3.06. The summed E-state index contributed by atoms with van der Waals surface area (Å²) in [5.74, 6) is -0.224. The van der Waals surface area contributed by atoms with Crippen LogP contribution in [0.2, 0.25) is 0 Å². The Morgan fingerprint density at radius 2 is 1.73 bits per heavy atom. The first-order valence-corrected chi connectivity index (χ1v) is 11.3. The van der Waals surface area contributed by atoms with Crippen LogP contribution >= 0.6 is 0 Å². The smallest absolute Gasteiger partial charge is 0.340 e. The van der Waals surface area contributed by atoms with Crippen molar-refractivity contribution in [2.45, 2.75) is 19.8 Å². The molecule has 1 N–H and O–H groups in total. The van der Waals surface area contributed by atoms with Crippen molar-refractivity contribution in [3.63, 3.8) is 0 Å². The molecule has 0 heterocycles. The fraction of sp³-hybridized carbons (Fsp3) is 0.333. The number of rotatable bonds is 10. The first-order chi connectivity index (χ1) is 14.3. The van der Waals surface area contributed by atoms with Crippen molar-refractivity contribution in [1.82, 2.24) is 0 Å². The molecule has 162 valence electrons. The van der Waals surface area contributed by atoms with Gasteiger partial charge in [-0.15, -0.1) is 0 Å². The lowest BCUT2D eigenvalue weighted by atomic mass is 10.1. The molecule has 0 spiro atoms. The van der Waals surface area contributed by atoms with Gasteiger partial charge in [-0.1, -0.05) is 12.1 Å². The molecule has 0 bridgehead atoms. The molecule has 0 atom stereocenters. The number of ether oxygens (including phenoxy) is 2. The maximum atomic E-state index is 12.3. The van der Waals surface area contributed by atoms with E-state index in [1.165, 1.54) is 11.4 Å². The van der Waals surface area contributed by atoms with Gasteiger partial charge in [0.1, 0.15) is 5.75 Å². The number of nitrogens with zero attached hydrogens (tertiary/aromatic N) is 1. The zero-order valence-electron chi connectivity index (χ0n) is 17.3. The van der Waals surface area contributed by atoms with Crippen molar-refractivity contribution >= 4 is 33.3 Å². The lowest BCUT2D eigenvalue weighted by molar-refractivity contribution is -0.116. The molecule has 30 heavy (non-hydrogen) atoms. The van der Waals surface area contributed by atoms with Gasteiger partial charge in [-0.3, -0.25) is 9.10 Å². The standard InChI is InChI=1S/C21H26N2O6S/c1-4-29-21(25)18-8-5-6-9-19(18)22-20(24)10-7-15-23(30(3,26)27)16-11-13-17(28-2)14-12-16/h5-6,8-9,11-14H,4,7,10,15H2,1-3H3,(H,22,24). The Labute approximate surface area is 176 Å². The van der Waals surface area contributed by atoms with Crippen LogP contribution in [0.4, 0.5) is 11.4 Å². The van der Waals surface area contributed by atoms with Gasteiger partial charge in [0.2, 0.25) is 15.9 Å². The average molecular weight is 435 g/mol. The van der Waals surface area contributed by atoms with Gasteiger partial charge in [-0.05, 0) is 49.7 Å². The molecule has 2 rings (SSSR count). The number of hydrogen-bond acceptors (Lipinski definition) is 6. The van der Waals surface area contributed by atoms with Crippen molar-refractivity contribution in [3.8, 4) is 5.75 Å². The molecule has 9 heteroatoms. The third kappa shape index (κ3) is 6.48. The molecule has 0 aromatic heterocycles. The first kappa shape index (κ1) is 23.2. The summed E-state index contributed by atoms with van der Waals surface area (Å²) in [6, 6.07) is 13.2. The largest absolute Gasteiger partial charge is 0.497 e. The van der Waals surface area contributed by atoms with Crippen molar-refractivity contribution in [1.29, 1.82) is 0 Å². The monoisotopic (exact) mass is 434 g/mol. The van der Waals surface area contributed by atoms with Gasteiger partial charge in [-0.25, -0.2) is 13.2 Å². The van der Waals surface area contributed by atoms with E-state index in [2.05, 4.69) is 5.32 Å². The van der Waals surface area contributed by atoms with Gasteiger partial charge in [0.05, 0.1) is 36.9 Å². The van der Waals surface area contributed by atoms with E-state index in [0.29, 0.717) is 23.5 Å². The molecular weight excluding hydrogens is 408 g/mol. The zero-order valence-corrected chi connectivity index (χ0v) is 18.1. The van der Waals surface area contributed by atoms with E-state index in [1.54, 1.807) is 55.5 Å². The Kier molecular flexibility index (Phi) is 8.23. The Morgan fingerprint density at radius 3 is 2.33 bits per heavy atom. The van der Waals surface area contributed by atoms with Crippen LogP contribution < -0.4 is 14.4 Å². The molecule has 0 saturated heterocycles. The van der Waals surface area contributed by atoms with Crippen LogP contribution in [0.15, 0.2) is 48.5 Å². The molecule has 8 nitrogen and oxygen atoms in total. The van der Waals surface area contributed by atoms with Gasteiger partial charge >= 0.3 is 5.97 Å². The number of sulfonamides is 1. The number of esters is 1. The number of carbonyl (C=O) groups is 2. The second-order valence-corrected chi connectivity index (χ2v) is 8.36. The second-order valence-electron chi connectivity index (χ2n) is 6.45. The maximum Gasteiger partial charge on any atom is 0.340 e. The van der Waals surface area contributed by atoms with Crippen molar-refractivity contribution in [2.24, 2.45) is 0 Å². The molecule has 0 unspecified atom stereocenters. The Hall–Kier alpha value is -3.07. The molecule has 0 aliphatic heterocycles. The van der Waals surface area contributed by atoms with Crippen molar-refractivity contribution in [2.75, 3.05) is 36.1 Å². The minimum atomic E-state index is -3.52. The van der Waals surface area contributed by atoms with Gasteiger partial charge in [0.15, 0.2) is 0 Å². The van der Waals surface area contributed by atoms with Gasteiger partial charge in [-0.2, -0.15) is 0 Å². The third-order valence-electron chi connectivity index (χ3n) is 4.22. The van der Waals surface area contributed by atoms with E-state index in [1.807, 2.05) is 0 Å². The number of para-hydroxylation sites is 1. The molecule has 1 amide bonds. The number of carbonyl (C=O) groups excluding carboxylic acids is 2. The molecule has 0 fully saturated rings. The zero-order chi connectivity index (χ0) is 22.1. The fourth-order valence-corrected chi connectivity index (χ4v) is 3.78. The normalized spacial score (nSPS) is 10.9. The quantitative estimate of drug-likeness (QED) is 0.577. The van der Waals surface area contributed by atoms with E-state index in [9.17, 15) is 18.0 Å². The lowest BCUT2D eigenvalue weighted by Gasteiger charge is -2.22. The fourth-order valence-electron chi connectivity index (χ4n) is 2.81. The highest BCUT2D eigenvalue weighted by atomic mass is 32.2. The summed E-state index contributed by atoms with van der Waals surface area (Å²) in [5, 5.41) is 2.69. The van der Waals surface area contributed by atoms with Gasteiger partial charge in [0.25, 0.3) is 0 Å². The number of benzene rings is 2. The minimum absolute atomic E-state index is 0.0827. The predicted molar refractivity (Wildman–Crippen MR) is 115 cm³/mol. The molecule has 0 radical (unpaired) electrons. The van der Waals surface area contributed by atoms with Crippen molar-refractivity contribution in [3.05, 3.63) is 54.1 Å². The van der Waals surface area contributed by atoms with Gasteiger partial charge < -0.3 is 14.8 Å². The Balaban J connectivity index is 2.00. The third-order valence-corrected chi connectivity index (χ3v) is 5.42. The highest BCUT2D eigenvalue weighted by Gasteiger charge is 2.18. The summed E-state index contributed by atoms with van der Waals surface area (Å²) >= 11 is 0. The summed E-state index contributed by atoms with van der Waals surface area (Å²) in [6.07, 6.45) is 1.50. The molecule has 0 aliphatic rings. The minimum Gasteiger partial charge on any atom is -0.497 e. The molecule has 2 aromatic rings. The summed E-state index contributed by atoms with van der Waals surface area (Å²) in [7, 11) is -1.99. The van der Waals surface area contributed by atoms with E-state index < -0.39 is 16.0 Å². The number of methoxy groups -OCH3 is 1. The topological polar surface area (TPSA) is 102 Å². The van der Waals surface area contributed by atoms with Crippen LogP contribution in [0.3, 0.4) is 0 Å². The molecular formula is C21H26N2O6S. The average Bonchev–Trinajstić information content (AvgIpc) is 2.71. The van der Waals surface area contributed by atoms with Crippen LogP contribution in [-0.4, -0.2) is 46.8 Å². The summed E-state index contributed by atoms with van der Waals surface area (Å²) < 4.78 is 35.7. The molecule has 0 saturated carbocycles. The second kappa shape index (κ2) is 10.6. The number of nitrogens with one attached hydrogen (secondary N) is 1. The lowest BCUT2D eigenvalue weighted by Crippen LogP contribution is -2.31. The number of anilines is 2. The van der Waals surface area contributed by atoms with E-state index in [-0.39, 0.29) is 31.0 Å². The van der Waals surface area contributed by atoms with E-state index in [4.69, 9.17) is 9.47 Å². The van der Waals surface area contributed by atoms with E-state index in [0.717, 1.165) is 6.26 Å². The molecule has 2 aromatic carbocycles. The number of hydrogen-bond donors (Lipinski definition) is 1. The summed E-state index contributed by atoms with van der Waals surface area (Å²) in [6.45, 7) is 2.07. The number of amides is 1. The Morgan fingerprint density at radius 1 is 1.07 bits per heavy atom. The SMILES string of the molecule is CCOC(=O)c1ccccc1NC(=O)CCCN(c1ccc(OC)cc1)S(C)(=O)=O. The van der Waals surface area contributed by atoms with Crippen LogP contribution in [0.5, 0.6) is 5.75 Å². The first-order valence-electron chi connectivity index (χ1n) is 9.44. The maximum absolute atomic E-state index is 12.3.